The van der Waals surface area contributed by atoms with Crippen molar-refractivity contribution in [1.82, 2.24) is 0 Å². The number of halogens is 1. The molecule has 1 N–H and O–H groups in total. The molecule has 1 atom stereocenters. The molecule has 1 unspecified atom stereocenters. The van der Waals surface area contributed by atoms with Gasteiger partial charge in [-0.1, -0.05) is 24.3 Å². The molecule has 2 aromatic rings. The normalized spacial score (nSPS) is 11.7. The largest absolute Gasteiger partial charge is 0.497 e. The van der Waals surface area contributed by atoms with Crippen molar-refractivity contribution in [1.29, 1.82) is 0 Å². The molecule has 0 aliphatic carbocycles. The van der Waals surface area contributed by atoms with Gasteiger partial charge in [-0.3, -0.25) is 9.50 Å². The van der Waals surface area contributed by atoms with E-state index in [1.165, 1.54) is 0 Å². The van der Waals surface area contributed by atoms with Crippen LogP contribution in [0.5, 0.6) is 5.75 Å². The molecule has 0 heterocycles. The first-order chi connectivity index (χ1) is 8.11. The number of hydrogen-bond donors (Lipinski definition) is 1. The lowest BCUT2D eigenvalue weighted by Gasteiger charge is -2.08. The van der Waals surface area contributed by atoms with Gasteiger partial charge < -0.3 is 9.84 Å². The van der Waals surface area contributed by atoms with E-state index in [1.54, 1.807) is 14.0 Å². The van der Waals surface area contributed by atoms with E-state index in [0.717, 1.165) is 22.1 Å². The van der Waals surface area contributed by atoms with Crippen molar-refractivity contribution in [2.24, 2.45) is 0 Å². The Morgan fingerprint density at radius 1 is 1.17 bits per heavy atom. The zero-order valence-corrected chi connectivity index (χ0v) is 10.2. The molecule has 0 saturated heterocycles. The zero-order valence-electron chi connectivity index (χ0n) is 10.2. The van der Waals surface area contributed by atoms with Crippen LogP contribution in [0.1, 0.15) is 18.4 Å². The number of carboxylic acids is 1. The second-order valence-electron chi connectivity index (χ2n) is 4.03. The lowest BCUT2D eigenvalue weighted by molar-refractivity contribution is -0.138. The summed E-state index contributed by atoms with van der Waals surface area (Å²) >= 11 is 0. The van der Waals surface area contributed by atoms with E-state index in [4.69, 9.17) is 9.84 Å². The average molecular weight is 250 g/mol. The first-order valence-electron chi connectivity index (χ1n) is 5.42. The molecule has 2 rings (SSSR count). The van der Waals surface area contributed by atoms with Crippen molar-refractivity contribution in [3.05, 3.63) is 42.0 Å². The van der Waals surface area contributed by atoms with E-state index in [9.17, 15) is 4.79 Å². The SMILES string of the molecule is COc1ccc2cc(C(C)C(=O)O)ccc2c1.F. The minimum atomic E-state index is -0.808. The fourth-order valence-corrected chi connectivity index (χ4v) is 1.78. The summed E-state index contributed by atoms with van der Waals surface area (Å²) < 4.78 is 5.14. The predicted octanol–water partition coefficient (Wildman–Crippen LogP) is 3.19. The van der Waals surface area contributed by atoms with E-state index < -0.39 is 11.9 Å². The Morgan fingerprint density at radius 2 is 1.78 bits per heavy atom. The van der Waals surface area contributed by atoms with Gasteiger partial charge in [0.2, 0.25) is 0 Å². The maximum atomic E-state index is 10.9. The number of benzene rings is 2. The summed E-state index contributed by atoms with van der Waals surface area (Å²) in [6.45, 7) is 1.69. The Hall–Kier alpha value is -2.10. The van der Waals surface area contributed by atoms with Crippen molar-refractivity contribution >= 4 is 16.7 Å². The van der Waals surface area contributed by atoms with Crippen LogP contribution in [0.3, 0.4) is 0 Å². The van der Waals surface area contributed by atoms with Crippen LogP contribution >= 0.6 is 0 Å². The highest BCUT2D eigenvalue weighted by molar-refractivity contribution is 5.86. The van der Waals surface area contributed by atoms with E-state index in [1.807, 2.05) is 36.4 Å². The second-order valence-corrected chi connectivity index (χ2v) is 4.03. The maximum Gasteiger partial charge on any atom is 0.310 e. The number of hydrogen-bond acceptors (Lipinski definition) is 2. The predicted molar refractivity (Wildman–Crippen MR) is 69.1 cm³/mol. The van der Waals surface area contributed by atoms with E-state index in [2.05, 4.69) is 0 Å². The van der Waals surface area contributed by atoms with Crippen molar-refractivity contribution in [2.75, 3.05) is 7.11 Å². The van der Waals surface area contributed by atoms with E-state index in [-0.39, 0.29) is 4.70 Å². The highest BCUT2D eigenvalue weighted by atomic mass is 19.0. The average Bonchev–Trinajstić information content (AvgIpc) is 2.36. The van der Waals surface area contributed by atoms with Crippen LogP contribution in [-0.2, 0) is 4.79 Å². The molecule has 4 heteroatoms. The summed E-state index contributed by atoms with van der Waals surface area (Å²) in [5.41, 5.74) is 0.815. The third-order valence-corrected chi connectivity index (χ3v) is 2.94. The Morgan fingerprint density at radius 3 is 2.39 bits per heavy atom. The van der Waals surface area contributed by atoms with E-state index >= 15 is 0 Å². The van der Waals surface area contributed by atoms with Crippen LogP contribution < -0.4 is 4.74 Å². The molecule has 0 bridgehead atoms. The van der Waals surface area contributed by atoms with Crippen LogP contribution in [0.15, 0.2) is 36.4 Å². The summed E-state index contributed by atoms with van der Waals surface area (Å²) in [4.78, 5) is 10.9. The number of rotatable bonds is 3. The Balaban J connectivity index is 0.00000162. The summed E-state index contributed by atoms with van der Waals surface area (Å²) in [7, 11) is 1.63. The van der Waals surface area contributed by atoms with Gasteiger partial charge in [0.05, 0.1) is 13.0 Å². The van der Waals surface area contributed by atoms with Gasteiger partial charge in [-0.05, 0) is 35.4 Å². The van der Waals surface area contributed by atoms with Crippen LogP contribution in [-0.4, -0.2) is 18.2 Å². The number of aliphatic carboxylic acids is 1. The molecular formula is C14H15FO3. The molecule has 0 saturated carbocycles. The summed E-state index contributed by atoms with van der Waals surface area (Å²) in [6, 6.07) is 11.4. The van der Waals surface area contributed by atoms with Gasteiger partial charge in [0.1, 0.15) is 5.75 Å². The monoisotopic (exact) mass is 250 g/mol. The van der Waals surface area contributed by atoms with Crippen molar-refractivity contribution < 1.29 is 19.3 Å². The molecule has 3 nitrogen and oxygen atoms in total. The van der Waals surface area contributed by atoms with Crippen molar-refractivity contribution in [3.63, 3.8) is 0 Å². The molecular weight excluding hydrogens is 235 g/mol. The molecule has 0 aromatic heterocycles. The first kappa shape index (κ1) is 14.0. The lowest BCUT2D eigenvalue weighted by atomic mass is 9.98. The smallest absolute Gasteiger partial charge is 0.310 e. The standard InChI is InChI=1S/C14H14O3.FH/c1-9(14(15)16)10-3-4-12-8-13(17-2)6-5-11(12)7-10;/h3-9H,1-2H3,(H,15,16);1H. The van der Waals surface area contributed by atoms with Crippen LogP contribution in [0.25, 0.3) is 10.8 Å². The Bertz CT molecular complexity index is 566. The molecule has 0 aliphatic rings. The van der Waals surface area contributed by atoms with Crippen LogP contribution in [0.2, 0.25) is 0 Å². The molecule has 2 aromatic carbocycles. The van der Waals surface area contributed by atoms with Crippen molar-refractivity contribution in [3.8, 4) is 5.75 Å². The highest BCUT2D eigenvalue weighted by Gasteiger charge is 2.13. The molecule has 96 valence electrons. The summed E-state index contributed by atoms with van der Waals surface area (Å²) in [6.07, 6.45) is 0. The molecule has 0 amide bonds. The fourth-order valence-electron chi connectivity index (χ4n) is 1.78. The van der Waals surface area contributed by atoms with Gasteiger partial charge in [-0.15, -0.1) is 0 Å². The molecule has 18 heavy (non-hydrogen) atoms. The first-order valence-corrected chi connectivity index (χ1v) is 5.42. The number of fused-ring (bicyclic) bond motifs is 1. The number of carbonyl (C=O) groups is 1. The molecule has 0 fully saturated rings. The number of carboxylic acid groups (broad SMARTS) is 1. The highest BCUT2D eigenvalue weighted by Crippen LogP contribution is 2.25. The summed E-state index contributed by atoms with van der Waals surface area (Å²) in [5.74, 6) is -0.490. The lowest BCUT2D eigenvalue weighted by Crippen LogP contribution is -2.06. The third-order valence-electron chi connectivity index (χ3n) is 2.94. The minimum Gasteiger partial charge on any atom is -0.497 e. The second kappa shape index (κ2) is 5.49. The van der Waals surface area contributed by atoms with Crippen LogP contribution in [0.4, 0.5) is 4.70 Å². The van der Waals surface area contributed by atoms with Gasteiger partial charge in [0, 0.05) is 0 Å². The molecule has 0 radical (unpaired) electrons. The number of methoxy groups -OCH3 is 1. The minimum absolute atomic E-state index is 0. The van der Waals surface area contributed by atoms with Crippen LogP contribution in [0, 0.1) is 0 Å². The van der Waals surface area contributed by atoms with Gasteiger partial charge in [-0.2, -0.15) is 0 Å². The van der Waals surface area contributed by atoms with Gasteiger partial charge in [0.25, 0.3) is 0 Å². The number of ether oxygens (including phenoxy) is 1. The Kier molecular flexibility index (Phi) is 4.26. The van der Waals surface area contributed by atoms with Gasteiger partial charge in [0.15, 0.2) is 0 Å². The molecule has 0 spiro atoms. The maximum absolute atomic E-state index is 10.9. The van der Waals surface area contributed by atoms with E-state index in [0.29, 0.717) is 0 Å². The quantitative estimate of drug-likeness (QED) is 0.910. The van der Waals surface area contributed by atoms with Gasteiger partial charge in [-0.25, -0.2) is 0 Å². The fraction of sp³-hybridized carbons (Fsp3) is 0.214. The Labute approximate surface area is 104 Å². The van der Waals surface area contributed by atoms with Gasteiger partial charge >= 0.3 is 5.97 Å². The topological polar surface area (TPSA) is 46.5 Å². The van der Waals surface area contributed by atoms with Crippen molar-refractivity contribution in [2.45, 2.75) is 12.8 Å². The third kappa shape index (κ3) is 2.59. The summed E-state index contributed by atoms with van der Waals surface area (Å²) in [5, 5.41) is 11.0. The zero-order chi connectivity index (χ0) is 12.4. The molecule has 0 aliphatic heterocycles.